The highest BCUT2D eigenvalue weighted by atomic mass is 16.4. The van der Waals surface area contributed by atoms with E-state index >= 15 is 0 Å². The molecule has 6 unspecified atom stereocenters. The number of nitrogens with zero attached hydrogens (tertiary/aromatic N) is 1. The molecule has 4 nitrogen and oxygen atoms in total. The summed E-state index contributed by atoms with van der Waals surface area (Å²) in [5.41, 5.74) is 0. The topological polar surface area (TPSA) is 57.6 Å². The van der Waals surface area contributed by atoms with E-state index in [1.807, 2.05) is 4.90 Å². The highest BCUT2D eigenvalue weighted by Gasteiger charge is 2.52. The van der Waals surface area contributed by atoms with Gasteiger partial charge in [0.05, 0.1) is 0 Å². The quantitative estimate of drug-likeness (QED) is 0.851. The lowest BCUT2D eigenvalue weighted by atomic mass is 9.84. The van der Waals surface area contributed by atoms with E-state index in [9.17, 15) is 14.7 Å². The fourth-order valence-corrected chi connectivity index (χ4v) is 5.74. The lowest BCUT2D eigenvalue weighted by Gasteiger charge is -2.36. The van der Waals surface area contributed by atoms with Gasteiger partial charge >= 0.3 is 5.97 Å². The summed E-state index contributed by atoms with van der Waals surface area (Å²) >= 11 is 0. The second-order valence-electron chi connectivity index (χ2n) is 7.73. The molecule has 0 radical (unpaired) electrons. The largest absolute Gasteiger partial charge is 0.480 e. The first-order valence-corrected chi connectivity index (χ1v) is 8.70. The molecule has 4 fully saturated rings. The average molecular weight is 291 g/mol. The van der Waals surface area contributed by atoms with Gasteiger partial charge in [0.1, 0.15) is 6.04 Å². The highest BCUT2D eigenvalue weighted by molar-refractivity contribution is 5.86. The molecule has 1 heterocycles. The van der Waals surface area contributed by atoms with Crippen LogP contribution in [0.15, 0.2) is 0 Å². The maximum Gasteiger partial charge on any atom is 0.326 e. The van der Waals surface area contributed by atoms with Crippen molar-refractivity contribution in [3.8, 4) is 0 Å². The minimum Gasteiger partial charge on any atom is -0.480 e. The van der Waals surface area contributed by atoms with Crippen LogP contribution in [0, 0.1) is 23.7 Å². The molecule has 4 heteroatoms. The van der Waals surface area contributed by atoms with Crippen molar-refractivity contribution in [2.24, 2.45) is 23.7 Å². The fourth-order valence-electron chi connectivity index (χ4n) is 5.74. The zero-order valence-electron chi connectivity index (χ0n) is 12.5. The van der Waals surface area contributed by atoms with Gasteiger partial charge in [-0.25, -0.2) is 4.79 Å². The molecule has 1 saturated heterocycles. The second kappa shape index (κ2) is 4.99. The molecule has 0 aromatic carbocycles. The van der Waals surface area contributed by atoms with Crippen LogP contribution < -0.4 is 0 Å². The Hall–Kier alpha value is -1.06. The molecule has 0 aromatic heterocycles. The maximum absolute atomic E-state index is 13.1. The van der Waals surface area contributed by atoms with Crippen LogP contribution in [-0.2, 0) is 9.59 Å². The summed E-state index contributed by atoms with van der Waals surface area (Å²) in [5, 5.41) is 9.56. The van der Waals surface area contributed by atoms with Crippen molar-refractivity contribution < 1.29 is 14.7 Å². The van der Waals surface area contributed by atoms with E-state index in [4.69, 9.17) is 0 Å². The number of amides is 1. The van der Waals surface area contributed by atoms with Gasteiger partial charge in [-0.05, 0) is 56.3 Å². The number of carboxylic acids is 1. The zero-order chi connectivity index (χ0) is 14.6. The first-order chi connectivity index (χ1) is 10.1. The van der Waals surface area contributed by atoms with Crippen molar-refractivity contribution in [2.75, 3.05) is 0 Å². The Morgan fingerprint density at radius 2 is 1.71 bits per heavy atom. The molecule has 116 valence electrons. The Balaban J connectivity index is 1.58. The van der Waals surface area contributed by atoms with Crippen molar-refractivity contribution in [1.29, 1.82) is 0 Å². The molecule has 3 aliphatic carbocycles. The molecule has 6 atom stereocenters. The lowest BCUT2D eigenvalue weighted by molar-refractivity contribution is -0.152. The first-order valence-electron chi connectivity index (χ1n) is 8.70. The fraction of sp³-hybridized carbons (Fsp3) is 0.882. The summed E-state index contributed by atoms with van der Waals surface area (Å²) in [7, 11) is 0. The van der Waals surface area contributed by atoms with E-state index in [0.29, 0.717) is 18.3 Å². The van der Waals surface area contributed by atoms with Crippen molar-refractivity contribution in [2.45, 2.75) is 69.9 Å². The van der Waals surface area contributed by atoms with Crippen LogP contribution in [-0.4, -0.2) is 34.0 Å². The Bertz CT molecular complexity index is 463. The van der Waals surface area contributed by atoms with E-state index in [-0.39, 0.29) is 17.9 Å². The van der Waals surface area contributed by atoms with Gasteiger partial charge in [-0.1, -0.05) is 19.3 Å². The number of rotatable bonds is 2. The average Bonchev–Trinajstić information content (AvgIpc) is 3.19. The number of hydrogen-bond acceptors (Lipinski definition) is 2. The molecule has 2 bridgehead atoms. The Labute approximate surface area is 125 Å². The summed E-state index contributed by atoms with van der Waals surface area (Å²) in [5.74, 6) is 1.23. The van der Waals surface area contributed by atoms with Crippen LogP contribution in [0.3, 0.4) is 0 Å². The predicted molar refractivity (Wildman–Crippen MR) is 77.6 cm³/mol. The number of fused-ring (bicyclic) bond motifs is 3. The van der Waals surface area contributed by atoms with E-state index in [0.717, 1.165) is 31.6 Å². The van der Waals surface area contributed by atoms with Gasteiger partial charge in [0, 0.05) is 12.0 Å². The number of hydrogen-bond donors (Lipinski definition) is 1. The van der Waals surface area contributed by atoms with Gasteiger partial charge in [0.15, 0.2) is 0 Å². The third-order valence-electron chi connectivity index (χ3n) is 6.68. The van der Waals surface area contributed by atoms with E-state index < -0.39 is 12.0 Å². The van der Waals surface area contributed by atoms with Gasteiger partial charge in [-0.15, -0.1) is 0 Å². The summed E-state index contributed by atoms with van der Waals surface area (Å²) in [6.45, 7) is 0. The smallest absolute Gasteiger partial charge is 0.326 e. The monoisotopic (exact) mass is 291 g/mol. The molecule has 0 spiro atoms. The minimum absolute atomic E-state index is 0.131. The van der Waals surface area contributed by atoms with Crippen molar-refractivity contribution in [1.82, 2.24) is 4.90 Å². The van der Waals surface area contributed by atoms with Crippen molar-refractivity contribution in [3.63, 3.8) is 0 Å². The van der Waals surface area contributed by atoms with E-state index in [1.165, 1.54) is 25.7 Å². The lowest BCUT2D eigenvalue weighted by Crippen LogP contribution is -2.49. The number of carbonyl (C=O) groups excluding carboxylic acids is 1. The van der Waals surface area contributed by atoms with Crippen LogP contribution in [0.4, 0.5) is 0 Å². The van der Waals surface area contributed by atoms with Gasteiger partial charge in [-0.2, -0.15) is 0 Å². The van der Waals surface area contributed by atoms with Crippen LogP contribution in [0.2, 0.25) is 0 Å². The molecule has 1 amide bonds. The molecular weight excluding hydrogens is 266 g/mol. The molecule has 4 rings (SSSR count). The number of likely N-dealkylation sites (tertiary alicyclic amines) is 1. The third-order valence-corrected chi connectivity index (χ3v) is 6.68. The second-order valence-corrected chi connectivity index (χ2v) is 7.73. The third kappa shape index (κ3) is 2.09. The Morgan fingerprint density at radius 1 is 0.905 bits per heavy atom. The Kier molecular flexibility index (Phi) is 3.23. The van der Waals surface area contributed by atoms with Gasteiger partial charge in [0.2, 0.25) is 5.91 Å². The molecule has 0 aromatic rings. The molecular formula is C17H25NO3. The van der Waals surface area contributed by atoms with Crippen molar-refractivity contribution in [3.05, 3.63) is 0 Å². The SMILES string of the molecule is O=C(O)C1CC2CCCCC2N1C(=O)C1CC2CCC1C2. The summed E-state index contributed by atoms with van der Waals surface area (Å²) < 4.78 is 0. The van der Waals surface area contributed by atoms with Crippen molar-refractivity contribution >= 4 is 11.9 Å². The standard InChI is InChI=1S/C17H25NO3/c19-16(13-8-10-5-6-11(13)7-10)18-14-4-2-1-3-12(14)9-15(18)17(20)21/h10-15H,1-9H2,(H,20,21). The summed E-state index contributed by atoms with van der Waals surface area (Å²) in [4.78, 5) is 26.5. The molecule has 1 aliphatic heterocycles. The van der Waals surface area contributed by atoms with Gasteiger partial charge in [0.25, 0.3) is 0 Å². The number of carboxylic acid groups (broad SMARTS) is 1. The van der Waals surface area contributed by atoms with E-state index in [1.54, 1.807) is 0 Å². The first kappa shape index (κ1) is 13.6. The molecule has 21 heavy (non-hydrogen) atoms. The van der Waals surface area contributed by atoms with Gasteiger partial charge in [-0.3, -0.25) is 4.79 Å². The maximum atomic E-state index is 13.1. The molecule has 3 saturated carbocycles. The molecule has 1 N–H and O–H groups in total. The zero-order valence-corrected chi connectivity index (χ0v) is 12.5. The van der Waals surface area contributed by atoms with Crippen LogP contribution in [0.5, 0.6) is 0 Å². The van der Waals surface area contributed by atoms with Gasteiger partial charge < -0.3 is 10.0 Å². The highest BCUT2D eigenvalue weighted by Crippen LogP contribution is 2.50. The normalized spacial score (nSPS) is 44.9. The number of carbonyl (C=O) groups is 2. The Morgan fingerprint density at radius 3 is 2.38 bits per heavy atom. The van der Waals surface area contributed by atoms with Crippen LogP contribution in [0.1, 0.15) is 57.8 Å². The number of aliphatic carboxylic acids is 1. The molecule has 4 aliphatic rings. The van der Waals surface area contributed by atoms with Crippen LogP contribution in [0.25, 0.3) is 0 Å². The summed E-state index contributed by atoms with van der Waals surface area (Å²) in [6.07, 6.45) is 9.84. The summed E-state index contributed by atoms with van der Waals surface area (Å²) in [6, 6.07) is -0.337. The van der Waals surface area contributed by atoms with Crippen LogP contribution >= 0.6 is 0 Å². The minimum atomic E-state index is -0.791. The predicted octanol–water partition coefficient (Wildman–Crippen LogP) is 2.67. The van der Waals surface area contributed by atoms with E-state index in [2.05, 4.69) is 0 Å².